The Kier molecular flexibility index (Phi) is 2.69. The first-order chi connectivity index (χ1) is 7.88. The summed E-state index contributed by atoms with van der Waals surface area (Å²) < 4.78 is 5.42. The van der Waals surface area contributed by atoms with E-state index in [9.17, 15) is 14.4 Å². The number of carbonyl (C=O) groups excluding carboxylic acids is 3. The van der Waals surface area contributed by atoms with Crippen LogP contribution in [0.4, 0.5) is 4.79 Å². The van der Waals surface area contributed by atoms with Gasteiger partial charge >= 0.3 is 6.03 Å². The standard InChI is InChI=1S/C11H16N2O4/c1-6-8(14)12-10(16)13(9(6)15)11(3)4-5-17-7(11)2/h6-7H,4-5H2,1-3H3,(H,12,14,16). The highest BCUT2D eigenvalue weighted by molar-refractivity contribution is 6.16. The Labute approximate surface area is 99.3 Å². The van der Waals surface area contributed by atoms with Gasteiger partial charge in [-0.3, -0.25) is 19.8 Å². The minimum atomic E-state index is -0.822. The van der Waals surface area contributed by atoms with Crippen molar-refractivity contribution >= 4 is 17.8 Å². The van der Waals surface area contributed by atoms with Crippen LogP contribution >= 0.6 is 0 Å². The lowest BCUT2D eigenvalue weighted by Gasteiger charge is -2.41. The molecule has 0 spiro atoms. The Morgan fingerprint density at radius 2 is 2.00 bits per heavy atom. The molecule has 1 N–H and O–H groups in total. The van der Waals surface area contributed by atoms with Gasteiger partial charge in [0, 0.05) is 6.61 Å². The Balaban J connectivity index is 2.34. The van der Waals surface area contributed by atoms with E-state index >= 15 is 0 Å². The van der Waals surface area contributed by atoms with Crippen LogP contribution in [0, 0.1) is 5.92 Å². The number of carbonyl (C=O) groups is 3. The van der Waals surface area contributed by atoms with E-state index < -0.39 is 29.3 Å². The average Bonchev–Trinajstić information content (AvgIpc) is 2.57. The van der Waals surface area contributed by atoms with Crippen molar-refractivity contribution < 1.29 is 19.1 Å². The smallest absolute Gasteiger partial charge is 0.331 e. The summed E-state index contributed by atoms with van der Waals surface area (Å²) in [4.78, 5) is 36.4. The minimum Gasteiger partial charge on any atom is -0.376 e. The van der Waals surface area contributed by atoms with Gasteiger partial charge in [-0.15, -0.1) is 0 Å². The second-order valence-corrected chi connectivity index (χ2v) is 4.81. The molecule has 0 radical (unpaired) electrons. The number of nitrogens with zero attached hydrogens (tertiary/aromatic N) is 1. The number of barbiturate groups is 1. The average molecular weight is 240 g/mol. The summed E-state index contributed by atoms with van der Waals surface area (Å²) in [5.41, 5.74) is -0.671. The number of hydrogen-bond acceptors (Lipinski definition) is 4. The van der Waals surface area contributed by atoms with Crippen LogP contribution in [-0.4, -0.2) is 41.0 Å². The van der Waals surface area contributed by atoms with Crippen molar-refractivity contribution in [2.24, 2.45) is 5.92 Å². The first-order valence-electron chi connectivity index (χ1n) is 5.68. The zero-order valence-corrected chi connectivity index (χ0v) is 10.1. The van der Waals surface area contributed by atoms with Crippen molar-refractivity contribution in [1.82, 2.24) is 10.2 Å². The first kappa shape index (κ1) is 12.0. The maximum absolute atomic E-state index is 12.1. The second kappa shape index (κ2) is 3.80. The van der Waals surface area contributed by atoms with Gasteiger partial charge in [-0.25, -0.2) is 4.79 Å². The third-order valence-electron chi connectivity index (χ3n) is 3.78. The summed E-state index contributed by atoms with van der Waals surface area (Å²) in [6.07, 6.45) is 0.367. The molecule has 3 atom stereocenters. The van der Waals surface area contributed by atoms with Gasteiger partial charge in [0.2, 0.25) is 11.8 Å². The number of urea groups is 1. The van der Waals surface area contributed by atoms with Crippen LogP contribution in [0.25, 0.3) is 0 Å². The van der Waals surface area contributed by atoms with Crippen molar-refractivity contribution in [2.75, 3.05) is 6.61 Å². The predicted molar refractivity (Wildman–Crippen MR) is 58.0 cm³/mol. The fraction of sp³-hybridized carbons (Fsp3) is 0.727. The normalized spacial score (nSPS) is 38.5. The third-order valence-corrected chi connectivity index (χ3v) is 3.78. The molecule has 0 saturated carbocycles. The van der Waals surface area contributed by atoms with Crippen molar-refractivity contribution in [3.8, 4) is 0 Å². The quantitative estimate of drug-likeness (QED) is 0.667. The predicted octanol–water partition coefficient (Wildman–Crippen LogP) is 0.268. The van der Waals surface area contributed by atoms with E-state index in [0.29, 0.717) is 13.0 Å². The molecule has 94 valence electrons. The molecular weight excluding hydrogens is 224 g/mol. The van der Waals surface area contributed by atoms with Crippen molar-refractivity contribution in [2.45, 2.75) is 38.8 Å². The van der Waals surface area contributed by atoms with Gasteiger partial charge in [0.05, 0.1) is 11.6 Å². The van der Waals surface area contributed by atoms with Crippen LogP contribution in [0.2, 0.25) is 0 Å². The number of ether oxygens (including phenoxy) is 1. The molecule has 6 nitrogen and oxygen atoms in total. The maximum atomic E-state index is 12.1. The summed E-state index contributed by atoms with van der Waals surface area (Å²) in [6.45, 7) is 5.65. The molecule has 17 heavy (non-hydrogen) atoms. The molecule has 2 fully saturated rings. The SMILES string of the molecule is CC1C(=O)NC(=O)N(C2(C)CCOC2C)C1=O. The molecule has 0 aromatic carbocycles. The highest BCUT2D eigenvalue weighted by Gasteiger charge is 2.51. The highest BCUT2D eigenvalue weighted by atomic mass is 16.5. The van der Waals surface area contributed by atoms with Gasteiger partial charge in [0.25, 0.3) is 0 Å². The summed E-state index contributed by atoms with van der Waals surface area (Å²) in [5, 5.41) is 2.20. The lowest BCUT2D eigenvalue weighted by atomic mass is 9.90. The number of imide groups is 2. The molecular formula is C11H16N2O4. The van der Waals surface area contributed by atoms with E-state index in [1.807, 2.05) is 13.8 Å². The van der Waals surface area contributed by atoms with Gasteiger partial charge in [-0.2, -0.15) is 0 Å². The van der Waals surface area contributed by atoms with Crippen molar-refractivity contribution in [3.05, 3.63) is 0 Å². The molecule has 0 aromatic heterocycles. The highest BCUT2D eigenvalue weighted by Crippen LogP contribution is 2.34. The van der Waals surface area contributed by atoms with Crippen molar-refractivity contribution in [3.63, 3.8) is 0 Å². The topological polar surface area (TPSA) is 75.7 Å². The van der Waals surface area contributed by atoms with Crippen molar-refractivity contribution in [1.29, 1.82) is 0 Å². The van der Waals surface area contributed by atoms with Gasteiger partial charge in [-0.05, 0) is 27.2 Å². The van der Waals surface area contributed by atoms with Gasteiger partial charge in [0.15, 0.2) is 0 Å². The number of hydrogen-bond donors (Lipinski definition) is 1. The minimum absolute atomic E-state index is 0.224. The van der Waals surface area contributed by atoms with E-state index in [4.69, 9.17) is 4.74 Å². The van der Waals surface area contributed by atoms with Gasteiger partial charge < -0.3 is 4.74 Å². The van der Waals surface area contributed by atoms with Crippen LogP contribution in [0.5, 0.6) is 0 Å². The van der Waals surface area contributed by atoms with Crippen LogP contribution < -0.4 is 5.32 Å². The Morgan fingerprint density at radius 3 is 2.53 bits per heavy atom. The van der Waals surface area contributed by atoms with E-state index in [2.05, 4.69) is 5.32 Å². The third kappa shape index (κ3) is 1.63. The fourth-order valence-corrected chi connectivity index (χ4v) is 2.28. The Morgan fingerprint density at radius 1 is 1.35 bits per heavy atom. The molecule has 4 amide bonds. The molecule has 2 heterocycles. The summed E-state index contributed by atoms with van der Waals surface area (Å²) in [5.74, 6) is -1.80. The molecule has 2 aliphatic rings. The molecule has 0 bridgehead atoms. The second-order valence-electron chi connectivity index (χ2n) is 4.81. The monoisotopic (exact) mass is 240 g/mol. The van der Waals surface area contributed by atoms with Crippen LogP contribution in [-0.2, 0) is 14.3 Å². The Hall–Kier alpha value is -1.43. The van der Waals surface area contributed by atoms with E-state index in [0.717, 1.165) is 4.90 Å². The van der Waals surface area contributed by atoms with E-state index in [1.54, 1.807) is 0 Å². The van der Waals surface area contributed by atoms with Crippen LogP contribution in [0.1, 0.15) is 27.2 Å². The molecule has 6 heteroatoms. The summed E-state index contributed by atoms with van der Waals surface area (Å²) in [6, 6.07) is -0.641. The van der Waals surface area contributed by atoms with Gasteiger partial charge in [0.1, 0.15) is 5.92 Å². The molecule has 3 unspecified atom stereocenters. The van der Waals surface area contributed by atoms with Gasteiger partial charge in [-0.1, -0.05) is 0 Å². The number of amides is 4. The molecule has 0 aliphatic carbocycles. The largest absolute Gasteiger partial charge is 0.376 e. The van der Waals surface area contributed by atoms with Crippen LogP contribution in [0.15, 0.2) is 0 Å². The molecule has 0 aromatic rings. The number of rotatable bonds is 1. The Bertz CT molecular complexity index is 395. The van der Waals surface area contributed by atoms with E-state index in [-0.39, 0.29) is 6.10 Å². The van der Waals surface area contributed by atoms with Crippen LogP contribution in [0.3, 0.4) is 0 Å². The molecule has 2 saturated heterocycles. The first-order valence-corrected chi connectivity index (χ1v) is 5.68. The lowest BCUT2D eigenvalue weighted by Crippen LogP contribution is -2.66. The summed E-state index contributed by atoms with van der Waals surface area (Å²) in [7, 11) is 0. The fourth-order valence-electron chi connectivity index (χ4n) is 2.28. The zero-order valence-electron chi connectivity index (χ0n) is 10.1. The maximum Gasteiger partial charge on any atom is 0.331 e. The van der Waals surface area contributed by atoms with E-state index in [1.165, 1.54) is 6.92 Å². The lowest BCUT2D eigenvalue weighted by molar-refractivity contribution is -0.146. The summed E-state index contributed by atoms with van der Waals surface area (Å²) >= 11 is 0. The number of nitrogens with one attached hydrogen (secondary N) is 1. The zero-order chi connectivity index (χ0) is 12.8. The molecule has 2 rings (SSSR count). The molecule has 2 aliphatic heterocycles.